The van der Waals surface area contributed by atoms with Crippen molar-refractivity contribution in [3.8, 4) is 0 Å². The van der Waals surface area contributed by atoms with Crippen LogP contribution in [0.15, 0.2) is 6.20 Å². The summed E-state index contributed by atoms with van der Waals surface area (Å²) in [5.41, 5.74) is 6.09. The third-order valence-corrected chi connectivity index (χ3v) is 5.25. The molecule has 3 heterocycles. The molecule has 3 rings (SSSR count). The average molecular weight is 345 g/mol. The maximum Gasteiger partial charge on any atom is 0.0901 e. The van der Waals surface area contributed by atoms with Gasteiger partial charge in [-0.15, -0.1) is 0 Å². The zero-order valence-electron chi connectivity index (χ0n) is 16.3. The van der Waals surface area contributed by atoms with Gasteiger partial charge in [-0.2, -0.15) is 10.2 Å². The molecular weight excluding hydrogens is 314 g/mol. The van der Waals surface area contributed by atoms with Crippen LogP contribution in [0, 0.1) is 19.8 Å². The summed E-state index contributed by atoms with van der Waals surface area (Å²) in [5, 5.41) is 15.6. The minimum atomic E-state index is 0.0798. The van der Waals surface area contributed by atoms with Crippen molar-refractivity contribution in [3.63, 3.8) is 0 Å². The maximum atomic E-state index is 6.08. The summed E-state index contributed by atoms with van der Waals surface area (Å²) >= 11 is 0. The average Bonchev–Trinajstić information content (AvgIpc) is 3.21. The second-order valence-electron chi connectivity index (χ2n) is 8.20. The van der Waals surface area contributed by atoms with Gasteiger partial charge in [0, 0.05) is 60.6 Å². The molecule has 2 aromatic heterocycles. The van der Waals surface area contributed by atoms with Crippen molar-refractivity contribution >= 4 is 0 Å². The first-order valence-corrected chi connectivity index (χ1v) is 9.14. The Balaban J connectivity index is 1.64. The normalized spacial score (nSPS) is 21.2. The van der Waals surface area contributed by atoms with Crippen LogP contribution in [0.2, 0.25) is 0 Å². The van der Waals surface area contributed by atoms with Gasteiger partial charge in [0.15, 0.2) is 0 Å². The van der Waals surface area contributed by atoms with Gasteiger partial charge < -0.3 is 10.1 Å². The van der Waals surface area contributed by atoms with Gasteiger partial charge in [-0.3, -0.25) is 9.78 Å². The van der Waals surface area contributed by atoms with Crippen LogP contribution in [0.5, 0.6) is 0 Å². The van der Waals surface area contributed by atoms with Gasteiger partial charge in [0.25, 0.3) is 0 Å². The predicted octanol–water partition coefficient (Wildman–Crippen LogP) is 2.92. The van der Waals surface area contributed by atoms with Crippen molar-refractivity contribution in [2.24, 2.45) is 13.0 Å². The molecule has 0 radical (unpaired) electrons. The molecule has 0 spiro atoms. The molecule has 0 bridgehead atoms. The van der Waals surface area contributed by atoms with Gasteiger partial charge >= 0.3 is 0 Å². The molecule has 0 aliphatic carbocycles. The SMILES string of the molecule is Cc1nn(C)c(C)c1[C@H]1OCC[C@H]1CNCc1cn[nH]c1C(C)(C)C. The van der Waals surface area contributed by atoms with Crippen LogP contribution in [-0.2, 0) is 23.7 Å². The largest absolute Gasteiger partial charge is 0.373 e. The van der Waals surface area contributed by atoms with Gasteiger partial charge in [-0.05, 0) is 20.3 Å². The fourth-order valence-electron chi connectivity index (χ4n) is 3.85. The fourth-order valence-corrected chi connectivity index (χ4v) is 3.85. The first kappa shape index (κ1) is 18.1. The third-order valence-electron chi connectivity index (χ3n) is 5.25. The molecule has 0 amide bonds. The maximum absolute atomic E-state index is 6.08. The topological polar surface area (TPSA) is 67.8 Å². The van der Waals surface area contributed by atoms with E-state index in [-0.39, 0.29) is 11.5 Å². The molecule has 1 fully saturated rings. The number of aromatic amines is 1. The van der Waals surface area contributed by atoms with Gasteiger partial charge in [-0.1, -0.05) is 20.8 Å². The highest BCUT2D eigenvalue weighted by atomic mass is 16.5. The lowest BCUT2D eigenvalue weighted by atomic mass is 9.89. The number of aromatic nitrogens is 4. The Labute approximate surface area is 150 Å². The second-order valence-corrected chi connectivity index (χ2v) is 8.20. The van der Waals surface area contributed by atoms with E-state index < -0.39 is 0 Å². The van der Waals surface area contributed by atoms with Crippen molar-refractivity contribution in [3.05, 3.63) is 34.4 Å². The van der Waals surface area contributed by atoms with Crippen molar-refractivity contribution < 1.29 is 4.74 Å². The van der Waals surface area contributed by atoms with E-state index in [1.807, 2.05) is 17.9 Å². The van der Waals surface area contributed by atoms with E-state index >= 15 is 0 Å². The summed E-state index contributed by atoms with van der Waals surface area (Å²) in [6.07, 6.45) is 3.17. The lowest BCUT2D eigenvalue weighted by molar-refractivity contribution is 0.0893. The van der Waals surface area contributed by atoms with E-state index in [4.69, 9.17) is 4.74 Å². The molecule has 0 aromatic carbocycles. The number of aryl methyl sites for hydroxylation is 2. The first-order valence-electron chi connectivity index (χ1n) is 9.14. The van der Waals surface area contributed by atoms with E-state index in [0.29, 0.717) is 5.92 Å². The highest BCUT2D eigenvalue weighted by molar-refractivity contribution is 5.28. The lowest BCUT2D eigenvalue weighted by Crippen LogP contribution is -2.26. The van der Waals surface area contributed by atoms with Crippen LogP contribution in [0.4, 0.5) is 0 Å². The summed E-state index contributed by atoms with van der Waals surface area (Å²) < 4.78 is 8.04. The van der Waals surface area contributed by atoms with E-state index in [9.17, 15) is 0 Å². The Morgan fingerprint density at radius 1 is 1.36 bits per heavy atom. The third kappa shape index (κ3) is 3.65. The van der Waals surface area contributed by atoms with Crippen LogP contribution < -0.4 is 5.32 Å². The van der Waals surface area contributed by atoms with Gasteiger partial charge in [0.2, 0.25) is 0 Å². The Kier molecular flexibility index (Phi) is 5.02. The number of nitrogens with one attached hydrogen (secondary N) is 2. The molecule has 1 aliphatic heterocycles. The van der Waals surface area contributed by atoms with Crippen LogP contribution >= 0.6 is 0 Å². The molecule has 25 heavy (non-hydrogen) atoms. The summed E-state index contributed by atoms with van der Waals surface area (Å²) in [5.74, 6) is 0.478. The number of ether oxygens (including phenoxy) is 1. The molecule has 138 valence electrons. The first-order chi connectivity index (χ1) is 11.8. The molecule has 2 atom stereocenters. The number of H-pyrrole nitrogens is 1. The second kappa shape index (κ2) is 6.92. The minimum Gasteiger partial charge on any atom is -0.373 e. The summed E-state index contributed by atoms with van der Waals surface area (Å²) in [6, 6.07) is 0. The molecule has 2 N–H and O–H groups in total. The number of hydrogen-bond acceptors (Lipinski definition) is 4. The molecule has 1 saturated heterocycles. The summed E-state index contributed by atoms with van der Waals surface area (Å²) in [7, 11) is 2.00. The Hall–Kier alpha value is -1.66. The number of rotatable bonds is 5. The molecule has 2 aromatic rings. The molecule has 0 saturated carbocycles. The van der Waals surface area contributed by atoms with Gasteiger partial charge in [0.05, 0.1) is 18.0 Å². The van der Waals surface area contributed by atoms with Crippen LogP contribution in [0.25, 0.3) is 0 Å². The van der Waals surface area contributed by atoms with E-state index in [1.54, 1.807) is 0 Å². The van der Waals surface area contributed by atoms with E-state index in [1.165, 1.54) is 22.5 Å². The zero-order chi connectivity index (χ0) is 18.2. The zero-order valence-corrected chi connectivity index (χ0v) is 16.3. The van der Waals surface area contributed by atoms with Gasteiger partial charge in [0.1, 0.15) is 0 Å². The minimum absolute atomic E-state index is 0.0798. The Morgan fingerprint density at radius 2 is 2.12 bits per heavy atom. The highest BCUT2D eigenvalue weighted by Gasteiger charge is 2.33. The fraction of sp³-hybridized carbons (Fsp3) is 0.684. The van der Waals surface area contributed by atoms with E-state index in [2.05, 4.69) is 55.2 Å². The predicted molar refractivity (Wildman–Crippen MR) is 98.5 cm³/mol. The van der Waals surface area contributed by atoms with Crippen LogP contribution in [0.3, 0.4) is 0 Å². The smallest absolute Gasteiger partial charge is 0.0901 e. The standard InChI is InChI=1S/C19H31N5O/c1-12-16(13(2)24(6)23-12)17-14(7-8-25-17)9-20-10-15-11-21-22-18(15)19(3,4)5/h11,14,17,20H,7-10H2,1-6H3,(H,21,22)/t14-,17-/m0/s1. The number of hydrogen-bond donors (Lipinski definition) is 2. The van der Waals surface area contributed by atoms with Crippen LogP contribution in [-0.4, -0.2) is 33.1 Å². The van der Waals surface area contributed by atoms with Crippen molar-refractivity contribution in [1.82, 2.24) is 25.3 Å². The Bertz CT molecular complexity index is 725. The number of nitrogens with zero attached hydrogens (tertiary/aromatic N) is 3. The van der Waals surface area contributed by atoms with Gasteiger partial charge in [-0.25, -0.2) is 0 Å². The summed E-state index contributed by atoms with van der Waals surface area (Å²) in [6.45, 7) is 13.4. The molecule has 6 heteroatoms. The molecular formula is C19H31N5O. The molecule has 6 nitrogen and oxygen atoms in total. The van der Waals surface area contributed by atoms with E-state index in [0.717, 1.165) is 31.8 Å². The lowest BCUT2D eigenvalue weighted by Gasteiger charge is -2.21. The van der Waals surface area contributed by atoms with Crippen molar-refractivity contribution in [1.29, 1.82) is 0 Å². The Morgan fingerprint density at radius 3 is 2.76 bits per heavy atom. The van der Waals surface area contributed by atoms with Crippen molar-refractivity contribution in [2.75, 3.05) is 13.2 Å². The monoisotopic (exact) mass is 345 g/mol. The quantitative estimate of drug-likeness (QED) is 0.874. The van der Waals surface area contributed by atoms with Crippen molar-refractivity contribution in [2.45, 2.75) is 59.1 Å². The molecule has 1 aliphatic rings. The molecule has 0 unspecified atom stereocenters. The van der Waals surface area contributed by atoms with Crippen LogP contribution in [0.1, 0.15) is 61.5 Å². The summed E-state index contributed by atoms with van der Waals surface area (Å²) in [4.78, 5) is 0. The highest BCUT2D eigenvalue weighted by Crippen LogP contribution is 2.37.